The van der Waals surface area contributed by atoms with E-state index in [0.29, 0.717) is 0 Å². The summed E-state index contributed by atoms with van der Waals surface area (Å²) < 4.78 is 0. The summed E-state index contributed by atoms with van der Waals surface area (Å²) in [5.41, 5.74) is 2.47. The van der Waals surface area contributed by atoms with Gasteiger partial charge in [0.1, 0.15) is 12.1 Å². The first-order valence-electron chi connectivity index (χ1n) is 8.08. The number of hydrogen-bond donors (Lipinski definition) is 0. The van der Waals surface area contributed by atoms with E-state index >= 15 is 0 Å². The van der Waals surface area contributed by atoms with Gasteiger partial charge in [-0.3, -0.25) is 4.90 Å². The van der Waals surface area contributed by atoms with Crippen LogP contribution in [0.25, 0.3) is 0 Å². The third kappa shape index (κ3) is 2.71. The van der Waals surface area contributed by atoms with Crippen molar-refractivity contribution < 1.29 is 0 Å². The normalized spacial score (nSPS) is 24.7. The summed E-state index contributed by atoms with van der Waals surface area (Å²) in [6.07, 6.45) is 1.68. The number of fused-ring (bicyclic) bond motifs is 1. The summed E-state index contributed by atoms with van der Waals surface area (Å²) in [7, 11) is 0. The molecule has 2 fully saturated rings. The number of aromatic nitrogens is 2. The lowest BCUT2D eigenvalue weighted by molar-refractivity contribution is 0.309. The molecule has 2 aliphatic heterocycles. The molecule has 2 atom stereocenters. The van der Waals surface area contributed by atoms with Gasteiger partial charge in [-0.25, -0.2) is 9.97 Å². The molecule has 2 saturated heterocycles. The zero-order valence-electron chi connectivity index (χ0n) is 13.0. The molecule has 0 bridgehead atoms. The monoisotopic (exact) mass is 294 g/mol. The molecule has 4 rings (SSSR count). The number of rotatable bonds is 3. The van der Waals surface area contributed by atoms with Crippen molar-refractivity contribution in [2.75, 3.05) is 31.1 Å². The second kappa shape index (κ2) is 5.69. The Morgan fingerprint density at radius 2 is 1.73 bits per heavy atom. The van der Waals surface area contributed by atoms with Crippen molar-refractivity contribution in [1.29, 1.82) is 0 Å². The minimum atomic E-state index is 0.777. The maximum Gasteiger partial charge on any atom is 0.132 e. The van der Waals surface area contributed by atoms with Crippen molar-refractivity contribution in [3.63, 3.8) is 0 Å². The molecule has 1 aromatic heterocycles. The van der Waals surface area contributed by atoms with Crippen LogP contribution in [0.3, 0.4) is 0 Å². The van der Waals surface area contributed by atoms with E-state index in [1.807, 2.05) is 6.92 Å². The van der Waals surface area contributed by atoms with Crippen LogP contribution in [0.4, 0.5) is 5.82 Å². The summed E-state index contributed by atoms with van der Waals surface area (Å²) in [6, 6.07) is 12.9. The Hall–Kier alpha value is -1.94. The van der Waals surface area contributed by atoms with Gasteiger partial charge in [-0.1, -0.05) is 30.3 Å². The summed E-state index contributed by atoms with van der Waals surface area (Å²) in [6.45, 7) is 7.79. The van der Waals surface area contributed by atoms with Crippen molar-refractivity contribution >= 4 is 5.82 Å². The lowest BCUT2D eigenvalue weighted by Gasteiger charge is -2.22. The second-order valence-electron chi connectivity index (χ2n) is 6.62. The zero-order chi connectivity index (χ0) is 14.9. The van der Waals surface area contributed by atoms with E-state index in [1.54, 1.807) is 6.33 Å². The van der Waals surface area contributed by atoms with Gasteiger partial charge in [-0.15, -0.1) is 0 Å². The van der Waals surface area contributed by atoms with E-state index in [0.717, 1.165) is 43.0 Å². The van der Waals surface area contributed by atoms with Crippen molar-refractivity contribution in [1.82, 2.24) is 14.9 Å². The van der Waals surface area contributed by atoms with E-state index in [-0.39, 0.29) is 0 Å². The first-order chi connectivity index (χ1) is 10.8. The van der Waals surface area contributed by atoms with Crippen LogP contribution in [0, 0.1) is 18.8 Å². The van der Waals surface area contributed by atoms with Gasteiger partial charge in [-0.2, -0.15) is 0 Å². The van der Waals surface area contributed by atoms with E-state index in [9.17, 15) is 0 Å². The van der Waals surface area contributed by atoms with Crippen molar-refractivity contribution in [2.45, 2.75) is 13.5 Å². The highest BCUT2D eigenvalue weighted by atomic mass is 15.3. The highest BCUT2D eigenvalue weighted by molar-refractivity contribution is 5.40. The summed E-state index contributed by atoms with van der Waals surface area (Å²) in [4.78, 5) is 13.7. The molecule has 0 amide bonds. The average molecular weight is 294 g/mol. The van der Waals surface area contributed by atoms with Gasteiger partial charge in [0.25, 0.3) is 0 Å². The molecule has 2 aliphatic rings. The molecule has 1 aromatic carbocycles. The first kappa shape index (κ1) is 13.7. The highest BCUT2D eigenvalue weighted by Crippen LogP contribution is 2.33. The Balaban J connectivity index is 1.38. The topological polar surface area (TPSA) is 32.3 Å². The SMILES string of the molecule is Cc1cc(N2C[C@@H]3CN(Cc4ccccc4)C[C@H]3C2)ncn1. The van der Waals surface area contributed by atoms with Gasteiger partial charge in [-0.05, 0) is 24.3 Å². The Labute approximate surface area is 131 Å². The Morgan fingerprint density at radius 3 is 2.41 bits per heavy atom. The quantitative estimate of drug-likeness (QED) is 0.870. The van der Waals surface area contributed by atoms with Gasteiger partial charge in [0.2, 0.25) is 0 Å². The third-order valence-corrected chi connectivity index (χ3v) is 4.92. The lowest BCUT2D eigenvalue weighted by atomic mass is 10.0. The maximum atomic E-state index is 4.44. The fourth-order valence-corrected chi connectivity index (χ4v) is 3.86. The molecule has 0 unspecified atom stereocenters. The summed E-state index contributed by atoms with van der Waals surface area (Å²) in [5, 5.41) is 0. The number of aryl methyl sites for hydroxylation is 1. The summed E-state index contributed by atoms with van der Waals surface area (Å²) in [5.74, 6) is 2.65. The lowest BCUT2D eigenvalue weighted by Crippen LogP contribution is -2.29. The number of benzene rings is 1. The van der Waals surface area contributed by atoms with E-state index < -0.39 is 0 Å². The summed E-state index contributed by atoms with van der Waals surface area (Å²) >= 11 is 0. The standard InChI is InChI=1S/C18H22N4/c1-14-7-18(20-13-19-14)22-11-16-9-21(10-17(16)12-22)8-15-5-3-2-4-6-15/h2-7,13,16-17H,8-12H2,1H3/t16-,17-/m0/s1. The van der Waals surface area contributed by atoms with Crippen LogP contribution < -0.4 is 4.90 Å². The van der Waals surface area contributed by atoms with Crippen LogP contribution in [0.15, 0.2) is 42.7 Å². The fraction of sp³-hybridized carbons (Fsp3) is 0.444. The van der Waals surface area contributed by atoms with Crippen molar-refractivity contribution in [3.8, 4) is 0 Å². The van der Waals surface area contributed by atoms with Gasteiger partial charge in [0, 0.05) is 44.5 Å². The second-order valence-corrected chi connectivity index (χ2v) is 6.62. The van der Waals surface area contributed by atoms with Crippen molar-refractivity contribution in [2.24, 2.45) is 11.8 Å². The van der Waals surface area contributed by atoms with Gasteiger partial charge >= 0.3 is 0 Å². The number of likely N-dealkylation sites (tertiary alicyclic amines) is 1. The van der Waals surface area contributed by atoms with Crippen molar-refractivity contribution in [3.05, 3.63) is 54.0 Å². The Bertz CT molecular complexity index is 629. The molecule has 0 aliphatic carbocycles. The van der Waals surface area contributed by atoms with Crippen LogP contribution in [-0.2, 0) is 6.54 Å². The molecule has 3 heterocycles. The first-order valence-corrected chi connectivity index (χ1v) is 8.08. The minimum absolute atomic E-state index is 0.777. The Kier molecular flexibility index (Phi) is 3.54. The van der Waals surface area contributed by atoms with Crippen LogP contribution in [0.1, 0.15) is 11.3 Å². The Morgan fingerprint density at radius 1 is 1.00 bits per heavy atom. The van der Waals surface area contributed by atoms with Gasteiger partial charge < -0.3 is 4.90 Å². The molecule has 22 heavy (non-hydrogen) atoms. The van der Waals surface area contributed by atoms with E-state index in [2.05, 4.69) is 56.2 Å². The fourth-order valence-electron chi connectivity index (χ4n) is 3.86. The van der Waals surface area contributed by atoms with E-state index in [1.165, 1.54) is 18.7 Å². The number of anilines is 1. The molecule has 114 valence electrons. The third-order valence-electron chi connectivity index (χ3n) is 4.92. The maximum absolute atomic E-state index is 4.44. The molecule has 0 spiro atoms. The predicted octanol–water partition coefficient (Wildman–Crippen LogP) is 2.35. The molecule has 0 saturated carbocycles. The minimum Gasteiger partial charge on any atom is -0.356 e. The molecule has 0 N–H and O–H groups in total. The smallest absolute Gasteiger partial charge is 0.132 e. The van der Waals surface area contributed by atoms with Gasteiger partial charge in [0.15, 0.2) is 0 Å². The van der Waals surface area contributed by atoms with Crippen LogP contribution in [-0.4, -0.2) is 41.0 Å². The van der Waals surface area contributed by atoms with E-state index in [4.69, 9.17) is 0 Å². The molecule has 4 nitrogen and oxygen atoms in total. The molecular formula is C18H22N4. The molecule has 2 aromatic rings. The van der Waals surface area contributed by atoms with Gasteiger partial charge in [0.05, 0.1) is 0 Å². The molecular weight excluding hydrogens is 272 g/mol. The number of nitrogens with zero attached hydrogens (tertiary/aromatic N) is 4. The number of hydrogen-bond acceptors (Lipinski definition) is 4. The largest absolute Gasteiger partial charge is 0.356 e. The highest BCUT2D eigenvalue weighted by Gasteiger charge is 2.40. The zero-order valence-corrected chi connectivity index (χ0v) is 13.0. The average Bonchev–Trinajstić information content (AvgIpc) is 3.06. The van der Waals surface area contributed by atoms with Crippen LogP contribution >= 0.6 is 0 Å². The molecule has 0 radical (unpaired) electrons. The van der Waals surface area contributed by atoms with Crippen LogP contribution in [0.5, 0.6) is 0 Å². The predicted molar refractivity (Wildman–Crippen MR) is 87.7 cm³/mol. The van der Waals surface area contributed by atoms with Crippen LogP contribution in [0.2, 0.25) is 0 Å². The molecule has 4 heteroatoms.